The molecule has 0 fully saturated rings. The number of nitrogen functional groups attached to an aromatic ring is 1. The molecule has 0 aliphatic rings. The van der Waals surface area contributed by atoms with Crippen LogP contribution in [0.3, 0.4) is 0 Å². The zero-order valence-electron chi connectivity index (χ0n) is 7.66. The summed E-state index contributed by atoms with van der Waals surface area (Å²) in [6, 6.07) is 1.91. The first kappa shape index (κ1) is 11.0. The lowest BCUT2D eigenvalue weighted by molar-refractivity contribution is -0.118. The molecule has 1 heterocycles. The van der Waals surface area contributed by atoms with Crippen molar-refractivity contribution in [3.05, 3.63) is 22.3 Å². The molecule has 5 heteroatoms. The molecule has 1 amide bonds. The largest absolute Gasteiger partial charge is 0.383 e. The molecule has 0 atom stereocenters. The maximum atomic E-state index is 10.5. The van der Waals surface area contributed by atoms with E-state index in [1.165, 1.54) is 0 Å². The Bertz CT molecular complexity index is 341. The molecule has 76 valence electrons. The summed E-state index contributed by atoms with van der Waals surface area (Å²) in [5.74, 6) is 0.226. The topological polar surface area (TPSA) is 82.0 Å². The van der Waals surface area contributed by atoms with Gasteiger partial charge in [0.25, 0.3) is 0 Å². The summed E-state index contributed by atoms with van der Waals surface area (Å²) in [5, 5.41) is 0. The van der Waals surface area contributed by atoms with Crippen molar-refractivity contribution < 1.29 is 4.79 Å². The number of amides is 1. The highest BCUT2D eigenvalue weighted by molar-refractivity contribution is 9.10. The van der Waals surface area contributed by atoms with Gasteiger partial charge in [-0.05, 0) is 40.4 Å². The first-order valence-electron chi connectivity index (χ1n) is 4.28. The molecular formula is C9H12BrN3O. The molecule has 0 bridgehead atoms. The fourth-order valence-corrected chi connectivity index (χ4v) is 1.52. The molecule has 4 N–H and O–H groups in total. The second-order valence-corrected chi connectivity index (χ2v) is 3.93. The van der Waals surface area contributed by atoms with Crippen molar-refractivity contribution >= 4 is 27.7 Å². The average Bonchev–Trinajstić information content (AvgIpc) is 2.10. The lowest BCUT2D eigenvalue weighted by atomic mass is 10.1. The van der Waals surface area contributed by atoms with Crippen molar-refractivity contribution in [3.63, 3.8) is 0 Å². The summed E-state index contributed by atoms with van der Waals surface area (Å²) in [7, 11) is 0. The van der Waals surface area contributed by atoms with Crippen LogP contribution in [0.25, 0.3) is 0 Å². The monoisotopic (exact) mass is 257 g/mol. The Hall–Kier alpha value is -1.10. The van der Waals surface area contributed by atoms with Gasteiger partial charge < -0.3 is 11.5 Å². The van der Waals surface area contributed by atoms with Crippen LogP contribution < -0.4 is 11.5 Å². The number of aryl methyl sites for hydroxylation is 1. The Morgan fingerprint density at radius 3 is 2.93 bits per heavy atom. The van der Waals surface area contributed by atoms with Crippen LogP contribution in [0.4, 0.5) is 5.82 Å². The number of hydrogen-bond donors (Lipinski definition) is 2. The normalized spacial score (nSPS) is 10.1. The number of rotatable bonds is 4. The predicted octanol–water partition coefficient (Wildman–Crippen LogP) is 1.23. The molecule has 0 unspecified atom stereocenters. The number of aromatic nitrogens is 1. The summed E-state index contributed by atoms with van der Waals surface area (Å²) in [5.41, 5.74) is 11.6. The van der Waals surface area contributed by atoms with Gasteiger partial charge in [0.05, 0.1) is 0 Å². The highest BCUT2D eigenvalue weighted by Gasteiger charge is 2.02. The van der Waals surface area contributed by atoms with Crippen molar-refractivity contribution in [2.24, 2.45) is 5.73 Å². The summed E-state index contributed by atoms with van der Waals surface area (Å²) in [6.45, 7) is 0. The van der Waals surface area contributed by atoms with Crippen LogP contribution in [0.2, 0.25) is 0 Å². The Morgan fingerprint density at radius 2 is 2.29 bits per heavy atom. The zero-order valence-corrected chi connectivity index (χ0v) is 9.25. The number of carbonyl (C=O) groups is 1. The molecule has 1 aromatic rings. The van der Waals surface area contributed by atoms with Crippen LogP contribution >= 0.6 is 15.9 Å². The quantitative estimate of drug-likeness (QED) is 0.852. The number of anilines is 1. The van der Waals surface area contributed by atoms with Crippen molar-refractivity contribution in [2.45, 2.75) is 19.3 Å². The van der Waals surface area contributed by atoms with Gasteiger partial charge in [-0.1, -0.05) is 0 Å². The van der Waals surface area contributed by atoms with Crippen molar-refractivity contribution in [1.29, 1.82) is 0 Å². The summed E-state index contributed by atoms with van der Waals surface area (Å²) in [6.07, 6.45) is 3.46. The van der Waals surface area contributed by atoms with E-state index in [0.29, 0.717) is 18.7 Å². The van der Waals surface area contributed by atoms with E-state index in [2.05, 4.69) is 20.9 Å². The third-order valence-corrected chi connectivity index (χ3v) is 2.27. The molecule has 14 heavy (non-hydrogen) atoms. The number of pyridine rings is 1. The summed E-state index contributed by atoms with van der Waals surface area (Å²) in [4.78, 5) is 14.5. The van der Waals surface area contributed by atoms with Gasteiger partial charge in [0.15, 0.2) is 0 Å². The van der Waals surface area contributed by atoms with E-state index in [-0.39, 0.29) is 5.91 Å². The van der Waals surface area contributed by atoms with E-state index < -0.39 is 0 Å². The fraction of sp³-hybridized carbons (Fsp3) is 0.333. The Morgan fingerprint density at radius 1 is 1.57 bits per heavy atom. The van der Waals surface area contributed by atoms with E-state index >= 15 is 0 Å². The summed E-state index contributed by atoms with van der Waals surface area (Å²) < 4.78 is 0.890. The van der Waals surface area contributed by atoms with E-state index in [9.17, 15) is 4.79 Å². The number of primary amides is 1. The second kappa shape index (κ2) is 4.95. The number of hydrogen-bond acceptors (Lipinski definition) is 3. The van der Waals surface area contributed by atoms with Crippen molar-refractivity contribution in [3.8, 4) is 0 Å². The van der Waals surface area contributed by atoms with Crippen LogP contribution in [-0.2, 0) is 11.2 Å². The van der Waals surface area contributed by atoms with Crippen LogP contribution in [0.5, 0.6) is 0 Å². The summed E-state index contributed by atoms with van der Waals surface area (Å²) >= 11 is 3.31. The third kappa shape index (κ3) is 3.33. The molecule has 1 aromatic heterocycles. The molecule has 0 aromatic carbocycles. The number of nitrogens with two attached hydrogens (primary N) is 2. The van der Waals surface area contributed by atoms with E-state index in [1.54, 1.807) is 6.20 Å². The lowest BCUT2D eigenvalue weighted by Crippen LogP contribution is -2.10. The molecule has 0 radical (unpaired) electrons. The Balaban J connectivity index is 2.57. The van der Waals surface area contributed by atoms with Crippen LogP contribution in [-0.4, -0.2) is 10.9 Å². The Kier molecular flexibility index (Phi) is 3.88. The second-order valence-electron chi connectivity index (χ2n) is 3.02. The fourth-order valence-electron chi connectivity index (χ4n) is 1.15. The minimum absolute atomic E-state index is 0.286. The van der Waals surface area contributed by atoms with Crippen LogP contribution in [0.15, 0.2) is 16.7 Å². The molecule has 0 saturated heterocycles. The van der Waals surface area contributed by atoms with Gasteiger partial charge in [-0.2, -0.15) is 0 Å². The maximum absolute atomic E-state index is 10.5. The SMILES string of the molecule is NC(=O)CCCc1cc(Br)cnc1N. The molecular weight excluding hydrogens is 246 g/mol. The van der Waals surface area contributed by atoms with Crippen molar-refractivity contribution in [2.75, 3.05) is 5.73 Å². The van der Waals surface area contributed by atoms with Gasteiger partial charge in [-0.15, -0.1) is 0 Å². The van der Waals surface area contributed by atoms with Gasteiger partial charge in [-0.3, -0.25) is 4.79 Å². The standard InChI is InChI=1S/C9H12BrN3O/c10-7-4-6(9(12)13-5-7)2-1-3-8(11)14/h4-5H,1-3H2,(H2,11,14)(H2,12,13). The van der Waals surface area contributed by atoms with Crippen molar-refractivity contribution in [1.82, 2.24) is 4.98 Å². The average molecular weight is 258 g/mol. The van der Waals surface area contributed by atoms with E-state index in [0.717, 1.165) is 16.5 Å². The first-order chi connectivity index (χ1) is 6.59. The Labute approximate surface area is 90.8 Å². The highest BCUT2D eigenvalue weighted by Crippen LogP contribution is 2.17. The zero-order chi connectivity index (χ0) is 10.6. The van der Waals surface area contributed by atoms with Gasteiger partial charge in [0.1, 0.15) is 5.82 Å². The molecule has 0 saturated carbocycles. The first-order valence-corrected chi connectivity index (χ1v) is 5.07. The predicted molar refractivity (Wildman–Crippen MR) is 58.5 cm³/mol. The van der Waals surface area contributed by atoms with Gasteiger partial charge in [0.2, 0.25) is 5.91 Å². The van der Waals surface area contributed by atoms with Crippen LogP contribution in [0.1, 0.15) is 18.4 Å². The molecule has 0 aliphatic heterocycles. The number of nitrogens with zero attached hydrogens (tertiary/aromatic N) is 1. The van der Waals surface area contributed by atoms with Gasteiger partial charge >= 0.3 is 0 Å². The maximum Gasteiger partial charge on any atom is 0.217 e. The highest BCUT2D eigenvalue weighted by atomic mass is 79.9. The molecule has 1 rings (SSSR count). The smallest absolute Gasteiger partial charge is 0.217 e. The molecule has 0 aliphatic carbocycles. The van der Waals surface area contributed by atoms with E-state index in [1.807, 2.05) is 6.07 Å². The minimum Gasteiger partial charge on any atom is -0.383 e. The van der Waals surface area contributed by atoms with Gasteiger partial charge in [-0.25, -0.2) is 4.98 Å². The minimum atomic E-state index is -0.286. The third-order valence-electron chi connectivity index (χ3n) is 1.84. The number of halogens is 1. The molecule has 4 nitrogen and oxygen atoms in total. The van der Waals surface area contributed by atoms with E-state index in [4.69, 9.17) is 11.5 Å². The molecule has 0 spiro atoms. The lowest BCUT2D eigenvalue weighted by Gasteiger charge is -2.03. The number of carbonyl (C=O) groups excluding carboxylic acids is 1. The van der Waals surface area contributed by atoms with Gasteiger partial charge in [0, 0.05) is 17.1 Å². The van der Waals surface area contributed by atoms with Crippen LogP contribution in [0, 0.1) is 0 Å².